The van der Waals surface area contributed by atoms with Crippen LogP contribution < -0.4 is 0 Å². The van der Waals surface area contributed by atoms with Crippen molar-refractivity contribution in [2.75, 3.05) is 13.1 Å². The van der Waals surface area contributed by atoms with Crippen LogP contribution in [0.3, 0.4) is 0 Å². The van der Waals surface area contributed by atoms with Gasteiger partial charge in [-0.1, -0.05) is 19.3 Å². The summed E-state index contributed by atoms with van der Waals surface area (Å²) in [6.45, 7) is 1.86. The molecule has 0 N–H and O–H groups in total. The third-order valence-electron chi connectivity index (χ3n) is 3.58. The van der Waals surface area contributed by atoms with E-state index in [2.05, 4.69) is 10.2 Å². The van der Waals surface area contributed by atoms with Crippen LogP contribution in [-0.2, 0) is 18.3 Å². The molecule has 100 valence electrons. The maximum Gasteiger partial charge on any atom is 0.223 e. The van der Waals surface area contributed by atoms with Gasteiger partial charge in [-0.3, -0.25) is 4.79 Å². The first-order chi connectivity index (χ1) is 8.77. The van der Waals surface area contributed by atoms with Crippen LogP contribution in [0.2, 0.25) is 0 Å². The van der Waals surface area contributed by atoms with Crippen molar-refractivity contribution in [2.24, 2.45) is 7.05 Å². The third kappa shape index (κ3) is 3.55. The van der Waals surface area contributed by atoms with Gasteiger partial charge in [-0.25, -0.2) is 0 Å². The van der Waals surface area contributed by atoms with Crippen LogP contribution in [0.25, 0.3) is 0 Å². The molecule has 1 aromatic heterocycles. The van der Waals surface area contributed by atoms with Gasteiger partial charge in [-0.05, 0) is 12.8 Å². The first-order valence-electron chi connectivity index (χ1n) is 6.88. The highest BCUT2D eigenvalue weighted by Gasteiger charge is 2.15. The van der Waals surface area contributed by atoms with Gasteiger partial charge in [-0.2, -0.15) is 0 Å². The molecule has 5 heteroatoms. The molecule has 1 amide bonds. The average molecular weight is 250 g/mol. The number of amides is 1. The van der Waals surface area contributed by atoms with Gasteiger partial charge in [0.05, 0.1) is 0 Å². The van der Waals surface area contributed by atoms with Crippen LogP contribution in [0, 0.1) is 0 Å². The Kier molecular flexibility index (Phi) is 4.73. The van der Waals surface area contributed by atoms with Gasteiger partial charge in [-0.15, -0.1) is 10.2 Å². The van der Waals surface area contributed by atoms with Crippen molar-refractivity contribution < 1.29 is 4.79 Å². The Hall–Kier alpha value is -1.39. The molecular formula is C13H22N4O. The van der Waals surface area contributed by atoms with Crippen molar-refractivity contribution in [1.82, 2.24) is 19.7 Å². The predicted octanol–water partition coefficient (Wildman–Crippen LogP) is 1.54. The molecule has 18 heavy (non-hydrogen) atoms. The van der Waals surface area contributed by atoms with Crippen LogP contribution in [0.15, 0.2) is 6.33 Å². The monoisotopic (exact) mass is 250 g/mol. The standard InChI is InChI=1S/C13H22N4O/c1-16-11-14-15-12(16)7-8-13(18)17-9-5-3-2-4-6-10-17/h11H,2-10H2,1H3. The fraction of sp³-hybridized carbons (Fsp3) is 0.769. The van der Waals surface area contributed by atoms with Crippen molar-refractivity contribution in [2.45, 2.75) is 44.9 Å². The van der Waals surface area contributed by atoms with E-state index in [1.165, 1.54) is 19.3 Å². The summed E-state index contributed by atoms with van der Waals surface area (Å²) in [5, 5.41) is 7.84. The lowest BCUT2D eigenvalue weighted by molar-refractivity contribution is -0.131. The molecule has 2 rings (SSSR count). The molecule has 0 aliphatic carbocycles. The second-order valence-corrected chi connectivity index (χ2v) is 5.01. The highest BCUT2D eigenvalue weighted by atomic mass is 16.2. The first-order valence-corrected chi connectivity index (χ1v) is 6.88. The topological polar surface area (TPSA) is 51.0 Å². The second kappa shape index (κ2) is 6.52. The Bertz CT molecular complexity index is 380. The molecule has 0 unspecified atom stereocenters. The van der Waals surface area contributed by atoms with E-state index >= 15 is 0 Å². The van der Waals surface area contributed by atoms with E-state index in [0.717, 1.165) is 31.8 Å². The van der Waals surface area contributed by atoms with E-state index in [9.17, 15) is 4.79 Å². The molecule has 1 saturated heterocycles. The number of carbonyl (C=O) groups is 1. The van der Waals surface area contributed by atoms with E-state index in [-0.39, 0.29) is 5.91 Å². The zero-order valence-corrected chi connectivity index (χ0v) is 11.1. The van der Waals surface area contributed by atoms with Gasteiger partial charge in [0.15, 0.2) is 0 Å². The van der Waals surface area contributed by atoms with Crippen molar-refractivity contribution >= 4 is 5.91 Å². The fourth-order valence-corrected chi connectivity index (χ4v) is 2.41. The molecule has 0 bridgehead atoms. The summed E-state index contributed by atoms with van der Waals surface area (Å²) in [6, 6.07) is 0. The highest BCUT2D eigenvalue weighted by Crippen LogP contribution is 2.12. The normalized spacial score (nSPS) is 17.3. The molecule has 0 atom stereocenters. The lowest BCUT2D eigenvalue weighted by atomic mass is 10.1. The molecule has 0 aromatic carbocycles. The SMILES string of the molecule is Cn1cnnc1CCC(=O)N1CCCCCCC1. The molecule has 1 aliphatic rings. The quantitative estimate of drug-likeness (QED) is 0.817. The molecular weight excluding hydrogens is 228 g/mol. The minimum Gasteiger partial charge on any atom is -0.343 e. The Labute approximate surface area is 108 Å². The summed E-state index contributed by atoms with van der Waals surface area (Å²) in [5.41, 5.74) is 0. The molecule has 0 spiro atoms. The van der Waals surface area contributed by atoms with Crippen molar-refractivity contribution in [3.8, 4) is 0 Å². The summed E-state index contributed by atoms with van der Waals surface area (Å²) in [6.07, 6.45) is 9.04. The summed E-state index contributed by atoms with van der Waals surface area (Å²) in [7, 11) is 1.91. The minimum atomic E-state index is 0.264. The summed E-state index contributed by atoms with van der Waals surface area (Å²) in [4.78, 5) is 14.2. The first kappa shape index (κ1) is 13.1. The fourth-order valence-electron chi connectivity index (χ4n) is 2.41. The number of likely N-dealkylation sites (tertiary alicyclic amines) is 1. The smallest absolute Gasteiger partial charge is 0.223 e. The van der Waals surface area contributed by atoms with E-state index in [1.54, 1.807) is 6.33 Å². The van der Waals surface area contributed by atoms with E-state index < -0.39 is 0 Å². The number of rotatable bonds is 3. The Morgan fingerprint density at radius 3 is 2.50 bits per heavy atom. The zero-order valence-electron chi connectivity index (χ0n) is 11.1. The lowest BCUT2D eigenvalue weighted by Gasteiger charge is -2.24. The van der Waals surface area contributed by atoms with Crippen LogP contribution in [0.1, 0.15) is 44.3 Å². The second-order valence-electron chi connectivity index (χ2n) is 5.01. The lowest BCUT2D eigenvalue weighted by Crippen LogP contribution is -2.34. The van der Waals surface area contributed by atoms with E-state index in [0.29, 0.717) is 12.8 Å². The maximum atomic E-state index is 12.1. The van der Waals surface area contributed by atoms with E-state index in [4.69, 9.17) is 0 Å². The van der Waals surface area contributed by atoms with Crippen molar-refractivity contribution in [3.05, 3.63) is 12.2 Å². The maximum absolute atomic E-state index is 12.1. The van der Waals surface area contributed by atoms with Gasteiger partial charge in [0.1, 0.15) is 12.2 Å². The van der Waals surface area contributed by atoms with Gasteiger partial charge in [0.2, 0.25) is 5.91 Å². The highest BCUT2D eigenvalue weighted by molar-refractivity contribution is 5.76. The summed E-state index contributed by atoms with van der Waals surface area (Å²) in [5.74, 6) is 1.15. The van der Waals surface area contributed by atoms with Gasteiger partial charge in [0, 0.05) is 33.0 Å². The van der Waals surface area contributed by atoms with Gasteiger partial charge < -0.3 is 9.47 Å². The van der Waals surface area contributed by atoms with Crippen LogP contribution in [-0.4, -0.2) is 38.7 Å². The van der Waals surface area contributed by atoms with Crippen LogP contribution >= 0.6 is 0 Å². The molecule has 5 nitrogen and oxygen atoms in total. The Morgan fingerprint density at radius 2 is 1.89 bits per heavy atom. The molecule has 1 fully saturated rings. The number of nitrogens with zero attached hydrogens (tertiary/aromatic N) is 4. The van der Waals surface area contributed by atoms with Crippen molar-refractivity contribution in [1.29, 1.82) is 0 Å². The summed E-state index contributed by atoms with van der Waals surface area (Å²) >= 11 is 0. The largest absolute Gasteiger partial charge is 0.343 e. The van der Waals surface area contributed by atoms with E-state index in [1.807, 2.05) is 16.5 Å². The number of hydrogen-bond donors (Lipinski definition) is 0. The number of aryl methyl sites for hydroxylation is 2. The molecule has 1 aromatic rings. The van der Waals surface area contributed by atoms with Crippen LogP contribution in [0.5, 0.6) is 0 Å². The predicted molar refractivity (Wildman–Crippen MR) is 69.0 cm³/mol. The van der Waals surface area contributed by atoms with Crippen LogP contribution in [0.4, 0.5) is 0 Å². The molecule has 0 radical (unpaired) electrons. The average Bonchev–Trinajstić information content (AvgIpc) is 2.71. The molecule has 2 heterocycles. The van der Waals surface area contributed by atoms with Gasteiger partial charge >= 0.3 is 0 Å². The Balaban J connectivity index is 1.81. The minimum absolute atomic E-state index is 0.264. The van der Waals surface area contributed by atoms with Gasteiger partial charge in [0.25, 0.3) is 0 Å². The third-order valence-corrected chi connectivity index (χ3v) is 3.58. The molecule has 1 aliphatic heterocycles. The van der Waals surface area contributed by atoms with Crippen molar-refractivity contribution in [3.63, 3.8) is 0 Å². The number of aromatic nitrogens is 3. The summed E-state index contributed by atoms with van der Waals surface area (Å²) < 4.78 is 1.88. The number of carbonyl (C=O) groups excluding carboxylic acids is 1. The zero-order chi connectivity index (χ0) is 12.8. The molecule has 0 saturated carbocycles. The number of hydrogen-bond acceptors (Lipinski definition) is 3. The Morgan fingerprint density at radius 1 is 1.22 bits per heavy atom.